The van der Waals surface area contributed by atoms with Crippen molar-refractivity contribution in [2.24, 2.45) is 17.2 Å². The van der Waals surface area contributed by atoms with E-state index in [0.29, 0.717) is 25.9 Å². The molecule has 21 heteroatoms. The third-order valence-electron chi connectivity index (χ3n) is 11.5. The summed E-state index contributed by atoms with van der Waals surface area (Å²) in [6, 6.07) is 8.02. The summed E-state index contributed by atoms with van der Waals surface area (Å²) in [7, 11) is 1.29. The van der Waals surface area contributed by atoms with Gasteiger partial charge in [0.25, 0.3) is 11.8 Å². The highest BCUT2D eigenvalue weighted by Crippen LogP contribution is 2.40. The number of nitrogens with two attached hydrogens (primary N) is 3. The van der Waals surface area contributed by atoms with Gasteiger partial charge in [-0.15, -0.1) is 0 Å². The van der Waals surface area contributed by atoms with E-state index in [4.69, 9.17) is 35.5 Å². The Hall–Kier alpha value is -6.74. The molecule has 342 valence electrons. The number of benzene rings is 2. The maximum atomic E-state index is 14.4. The molecule has 2 fully saturated rings. The first-order valence-electron chi connectivity index (χ1n) is 20.6. The lowest BCUT2D eigenvalue weighted by Gasteiger charge is -2.38. The molecule has 6 heterocycles. The molecule has 2 aliphatic heterocycles. The van der Waals surface area contributed by atoms with Crippen LogP contribution in [0.15, 0.2) is 69.6 Å². The molecule has 2 amide bonds. The topological polar surface area (TPSA) is 215 Å². The van der Waals surface area contributed by atoms with E-state index < -0.39 is 47.6 Å². The summed E-state index contributed by atoms with van der Waals surface area (Å²) in [5.41, 5.74) is 16.5. The largest absolute Gasteiger partial charge is 0.494 e. The van der Waals surface area contributed by atoms with Crippen LogP contribution < -0.4 is 26.7 Å². The van der Waals surface area contributed by atoms with Crippen molar-refractivity contribution >= 4 is 33.6 Å². The number of likely N-dealkylation sites (tertiary alicyclic amines) is 2. The van der Waals surface area contributed by atoms with Crippen molar-refractivity contribution in [2.75, 3.05) is 33.4 Å². The molecular weight excluding hydrogens is 865 g/mol. The van der Waals surface area contributed by atoms with Crippen LogP contribution in [0.25, 0.3) is 44.7 Å². The minimum atomic E-state index is -4.83. The molecule has 0 aliphatic carbocycles. The normalized spacial score (nSPS) is 16.1. The molecule has 2 atom stereocenters. The maximum Gasteiger partial charge on any atom is 0.433 e. The van der Waals surface area contributed by atoms with Gasteiger partial charge in [0.1, 0.15) is 33.9 Å². The van der Waals surface area contributed by atoms with Crippen molar-refractivity contribution in [1.29, 1.82) is 0 Å². The van der Waals surface area contributed by atoms with Gasteiger partial charge in [0.05, 0.1) is 25.8 Å². The highest BCUT2D eigenvalue weighted by atomic mass is 19.4. The molecule has 2 aliphatic rings. The number of allylic oxidation sites excluding steroid dienone is 1. The Kier molecular flexibility index (Phi) is 12.0. The summed E-state index contributed by atoms with van der Waals surface area (Å²) < 4.78 is 107. The minimum Gasteiger partial charge on any atom is -0.494 e. The zero-order valence-corrected chi connectivity index (χ0v) is 35.1. The van der Waals surface area contributed by atoms with E-state index in [9.17, 15) is 35.9 Å². The van der Waals surface area contributed by atoms with Gasteiger partial charge >= 0.3 is 12.4 Å². The quantitative estimate of drug-likeness (QED) is 0.0996. The van der Waals surface area contributed by atoms with Crippen molar-refractivity contribution in [1.82, 2.24) is 29.7 Å². The first-order chi connectivity index (χ1) is 30.8. The van der Waals surface area contributed by atoms with E-state index in [-0.39, 0.29) is 98.2 Å². The average molecular weight is 908 g/mol. The van der Waals surface area contributed by atoms with Gasteiger partial charge in [-0.05, 0) is 81.1 Å². The molecule has 65 heavy (non-hydrogen) atoms. The predicted molar refractivity (Wildman–Crippen MR) is 223 cm³/mol. The van der Waals surface area contributed by atoms with E-state index in [1.807, 2.05) is 0 Å². The summed E-state index contributed by atoms with van der Waals surface area (Å²) in [5.74, 6) is -1.76. The second-order valence-electron chi connectivity index (χ2n) is 15.9. The summed E-state index contributed by atoms with van der Waals surface area (Å²) in [6.45, 7) is 7.16. The van der Waals surface area contributed by atoms with Crippen molar-refractivity contribution in [2.45, 2.75) is 69.5 Å². The van der Waals surface area contributed by atoms with Crippen molar-refractivity contribution in [3.8, 4) is 34.4 Å². The number of hydrogen-bond acceptors (Lipinski definition) is 13. The highest BCUT2D eigenvalue weighted by Gasteiger charge is 2.37. The van der Waals surface area contributed by atoms with Crippen LogP contribution in [0.4, 0.5) is 26.3 Å². The second kappa shape index (κ2) is 17.3. The zero-order valence-electron chi connectivity index (χ0n) is 35.1. The van der Waals surface area contributed by atoms with Gasteiger partial charge in [0.2, 0.25) is 11.8 Å². The third kappa shape index (κ3) is 8.76. The Labute approximate surface area is 366 Å². The van der Waals surface area contributed by atoms with Crippen LogP contribution in [0, 0.1) is 0 Å². The van der Waals surface area contributed by atoms with Crippen LogP contribution in [0.3, 0.4) is 0 Å². The number of pyridine rings is 2. The fourth-order valence-electron chi connectivity index (χ4n) is 8.29. The average Bonchev–Trinajstić information content (AvgIpc) is 4.04. The van der Waals surface area contributed by atoms with Gasteiger partial charge in [-0.3, -0.25) is 9.59 Å². The highest BCUT2D eigenvalue weighted by molar-refractivity contribution is 5.99. The number of halogens is 6. The number of fused-ring (bicyclic) bond motifs is 2. The first kappa shape index (κ1) is 44.9. The molecule has 0 saturated carbocycles. The molecule has 0 bridgehead atoms. The SMILES string of the molecule is C=C1CCCN1C1CCN(C(=O)c2nc(-c3ccc(OC)c4nc(C(F)(F)F)ccc34)oc2C(N)CCOc2ccc(-c3nc(C(N)=O)c(C(C)N)o3)c3ccc(C(F)(F)F)nc23)CC1. The number of carbonyl (C=O) groups excluding carboxylic acids is 2. The fourth-order valence-corrected chi connectivity index (χ4v) is 8.29. The molecule has 0 radical (unpaired) electrons. The lowest BCUT2D eigenvalue weighted by molar-refractivity contribution is -0.141. The number of methoxy groups -OCH3 is 1. The van der Waals surface area contributed by atoms with Crippen LogP contribution in [-0.2, 0) is 12.4 Å². The molecule has 8 rings (SSSR count). The monoisotopic (exact) mass is 907 g/mol. The molecular formula is C44H43F6N9O6. The Morgan fingerprint density at radius 3 is 1.86 bits per heavy atom. The minimum absolute atomic E-state index is 0.0199. The van der Waals surface area contributed by atoms with Crippen molar-refractivity contribution < 1.29 is 54.2 Å². The van der Waals surface area contributed by atoms with Crippen LogP contribution in [0.2, 0.25) is 0 Å². The smallest absolute Gasteiger partial charge is 0.433 e. The summed E-state index contributed by atoms with van der Waals surface area (Å²) in [5, 5.41) is 0.320. The van der Waals surface area contributed by atoms with Gasteiger partial charge in [0.15, 0.2) is 22.9 Å². The number of carbonyl (C=O) groups is 2. The number of aromatic nitrogens is 4. The lowest BCUT2D eigenvalue weighted by atomic mass is 10.0. The number of primary amides is 1. The Balaban J connectivity index is 1.12. The number of piperidine rings is 1. The Bertz CT molecular complexity index is 2810. The summed E-state index contributed by atoms with van der Waals surface area (Å²) in [4.78, 5) is 46.9. The molecule has 4 aromatic heterocycles. The van der Waals surface area contributed by atoms with E-state index in [0.717, 1.165) is 37.2 Å². The third-order valence-corrected chi connectivity index (χ3v) is 11.5. The number of hydrogen-bond donors (Lipinski definition) is 3. The Morgan fingerprint density at radius 1 is 0.800 bits per heavy atom. The van der Waals surface area contributed by atoms with Crippen molar-refractivity contribution in [3.05, 3.63) is 95.1 Å². The molecule has 2 unspecified atom stereocenters. The molecule has 6 N–H and O–H groups in total. The maximum absolute atomic E-state index is 14.4. The van der Waals surface area contributed by atoms with Gasteiger partial charge in [-0.25, -0.2) is 19.9 Å². The number of alkyl halides is 6. The molecule has 6 aromatic rings. The molecule has 2 aromatic carbocycles. The standard InChI is InChI=1S/C44H43F6N9O6/c1-21-5-4-17-59(21)23-14-18-58(19-15-23)42(61)36-38(65-41(57-36)26-6-10-29(62-3)33-24(26)8-12-31(54-33)43(45,46)47)28(52)16-20-63-30-11-7-27(25-9-13-32(44(48,49)50)55-34(25)30)40-56-35(39(53)60)37(64-40)22(2)51/h6-13,22-23,28H,1,4-5,14-20,51-52H2,2-3H3,(H2,53,60). The second-order valence-corrected chi connectivity index (χ2v) is 15.9. The number of rotatable bonds is 12. The van der Waals surface area contributed by atoms with Crippen molar-refractivity contribution in [3.63, 3.8) is 0 Å². The number of amides is 2. The molecule has 15 nitrogen and oxygen atoms in total. The van der Waals surface area contributed by atoms with Gasteiger partial charge in [-0.1, -0.05) is 6.58 Å². The summed E-state index contributed by atoms with van der Waals surface area (Å²) >= 11 is 0. The molecule has 2 saturated heterocycles. The van der Waals surface area contributed by atoms with Gasteiger partial charge in [0, 0.05) is 59.7 Å². The number of ether oxygens (including phenoxy) is 2. The fraction of sp³-hybridized carbons (Fsp3) is 0.364. The van der Waals surface area contributed by atoms with Crippen LogP contribution in [0.1, 0.15) is 95.0 Å². The van der Waals surface area contributed by atoms with Gasteiger partial charge < -0.3 is 45.3 Å². The van der Waals surface area contributed by atoms with E-state index in [2.05, 4.69) is 31.4 Å². The zero-order chi connectivity index (χ0) is 46.5. The summed E-state index contributed by atoms with van der Waals surface area (Å²) in [6.07, 6.45) is -6.37. The van der Waals surface area contributed by atoms with E-state index >= 15 is 0 Å². The van der Waals surface area contributed by atoms with Gasteiger partial charge in [-0.2, -0.15) is 26.3 Å². The Morgan fingerprint density at radius 2 is 1.35 bits per heavy atom. The van der Waals surface area contributed by atoms with Crippen LogP contribution >= 0.6 is 0 Å². The number of nitrogens with zero attached hydrogens (tertiary/aromatic N) is 6. The van der Waals surface area contributed by atoms with Crippen LogP contribution in [-0.4, -0.2) is 80.9 Å². The predicted octanol–water partition coefficient (Wildman–Crippen LogP) is 7.94. The first-order valence-corrected chi connectivity index (χ1v) is 20.6. The lowest BCUT2D eigenvalue weighted by Crippen LogP contribution is -2.45. The van der Waals surface area contributed by atoms with E-state index in [1.165, 1.54) is 50.4 Å². The van der Waals surface area contributed by atoms with E-state index in [1.54, 1.807) is 4.90 Å². The number of oxazole rings is 2. The van der Waals surface area contributed by atoms with Crippen LogP contribution in [0.5, 0.6) is 11.5 Å². The molecule has 0 spiro atoms.